The summed E-state index contributed by atoms with van der Waals surface area (Å²) in [5.41, 5.74) is 2.44. The Kier molecular flexibility index (Phi) is 6.19. The number of methoxy groups -OCH3 is 1. The lowest BCUT2D eigenvalue weighted by atomic mass is 10.2. The molecule has 0 atom stereocenters. The molecular formula is C14H19N3O4. The lowest BCUT2D eigenvalue weighted by molar-refractivity contribution is -0.139. The van der Waals surface area contributed by atoms with Crippen LogP contribution in [0.3, 0.4) is 0 Å². The summed E-state index contributed by atoms with van der Waals surface area (Å²) >= 11 is 0. The number of carbonyl (C=O) groups excluding carboxylic acids is 2. The summed E-state index contributed by atoms with van der Waals surface area (Å²) in [4.78, 5) is 22.8. The zero-order chi connectivity index (χ0) is 15.8. The van der Waals surface area contributed by atoms with Crippen molar-refractivity contribution in [3.8, 4) is 11.5 Å². The van der Waals surface area contributed by atoms with Gasteiger partial charge in [0, 0.05) is 12.1 Å². The van der Waals surface area contributed by atoms with E-state index in [2.05, 4.69) is 15.8 Å². The molecule has 0 aliphatic rings. The molecule has 0 spiro atoms. The molecule has 0 aliphatic carbocycles. The summed E-state index contributed by atoms with van der Waals surface area (Å²) in [6.07, 6.45) is 1.23. The number of hydrazone groups is 1. The first-order valence-electron chi connectivity index (χ1n) is 6.43. The van der Waals surface area contributed by atoms with Gasteiger partial charge in [0.1, 0.15) is 0 Å². The Hall–Kier alpha value is -2.57. The molecule has 1 rings (SSSR count). The number of hydrogen-bond donors (Lipinski definition) is 3. The molecular weight excluding hydrogens is 274 g/mol. The molecule has 0 radical (unpaired) electrons. The van der Waals surface area contributed by atoms with E-state index < -0.39 is 11.8 Å². The number of rotatable bonds is 5. The number of ether oxygens (including phenoxy) is 1. The molecule has 0 fully saturated rings. The fourth-order valence-corrected chi connectivity index (χ4v) is 1.40. The summed E-state index contributed by atoms with van der Waals surface area (Å²) in [5, 5.41) is 15.9. The van der Waals surface area contributed by atoms with Crippen LogP contribution in [0, 0.1) is 5.92 Å². The van der Waals surface area contributed by atoms with E-state index in [-0.39, 0.29) is 11.7 Å². The number of hydrogen-bond acceptors (Lipinski definition) is 5. The number of para-hydroxylation sites is 1. The van der Waals surface area contributed by atoms with Crippen LogP contribution in [-0.2, 0) is 9.59 Å². The number of phenols is 1. The highest BCUT2D eigenvalue weighted by atomic mass is 16.5. The number of benzene rings is 1. The molecule has 2 amide bonds. The maximum atomic E-state index is 11.4. The van der Waals surface area contributed by atoms with Gasteiger partial charge in [-0.25, -0.2) is 5.43 Å². The Morgan fingerprint density at radius 1 is 1.38 bits per heavy atom. The minimum Gasteiger partial charge on any atom is -0.504 e. The molecule has 0 saturated carbocycles. The molecule has 0 saturated heterocycles. The second-order valence-electron chi connectivity index (χ2n) is 4.70. The van der Waals surface area contributed by atoms with Gasteiger partial charge in [0.05, 0.1) is 13.3 Å². The highest BCUT2D eigenvalue weighted by Crippen LogP contribution is 2.27. The second-order valence-corrected chi connectivity index (χ2v) is 4.70. The van der Waals surface area contributed by atoms with Crippen LogP contribution in [0.25, 0.3) is 0 Å². The van der Waals surface area contributed by atoms with Crippen molar-refractivity contribution in [3.63, 3.8) is 0 Å². The maximum Gasteiger partial charge on any atom is 0.329 e. The molecule has 0 aliphatic heterocycles. The molecule has 7 heteroatoms. The van der Waals surface area contributed by atoms with Crippen LogP contribution in [-0.4, -0.2) is 36.8 Å². The van der Waals surface area contributed by atoms with Crippen molar-refractivity contribution in [2.24, 2.45) is 11.0 Å². The third-order valence-electron chi connectivity index (χ3n) is 2.50. The van der Waals surface area contributed by atoms with Crippen molar-refractivity contribution in [2.45, 2.75) is 13.8 Å². The zero-order valence-electron chi connectivity index (χ0n) is 12.2. The molecule has 0 heterocycles. The minimum absolute atomic E-state index is 0.0951. The van der Waals surface area contributed by atoms with Crippen LogP contribution in [0.5, 0.6) is 11.5 Å². The molecule has 0 unspecified atom stereocenters. The van der Waals surface area contributed by atoms with Gasteiger partial charge >= 0.3 is 11.8 Å². The topological polar surface area (TPSA) is 100 Å². The summed E-state index contributed by atoms with van der Waals surface area (Å²) in [7, 11) is 1.43. The van der Waals surface area contributed by atoms with Gasteiger partial charge in [0.2, 0.25) is 0 Å². The molecule has 1 aromatic rings. The van der Waals surface area contributed by atoms with Gasteiger partial charge in [0.15, 0.2) is 11.5 Å². The van der Waals surface area contributed by atoms with E-state index in [4.69, 9.17) is 4.74 Å². The summed E-state index contributed by atoms with van der Waals surface area (Å²) in [6, 6.07) is 4.84. The number of nitrogens with zero attached hydrogens (tertiary/aromatic N) is 1. The van der Waals surface area contributed by atoms with E-state index in [9.17, 15) is 14.7 Å². The first-order valence-corrected chi connectivity index (χ1v) is 6.43. The fourth-order valence-electron chi connectivity index (χ4n) is 1.40. The standard InChI is InChI=1S/C14H19N3O4/c1-9(2)7-15-13(19)14(20)17-16-8-10-5-4-6-11(21-3)12(10)18/h4-6,8-9,18H,7H2,1-3H3,(H,15,19)(H,17,20). The molecule has 1 aromatic carbocycles. The van der Waals surface area contributed by atoms with Crippen LogP contribution in [0.4, 0.5) is 0 Å². The van der Waals surface area contributed by atoms with Crippen LogP contribution in [0.1, 0.15) is 19.4 Å². The molecule has 0 aromatic heterocycles. The summed E-state index contributed by atoms with van der Waals surface area (Å²) in [5.74, 6) is -1.17. The third kappa shape index (κ3) is 5.13. The number of amides is 2. The highest BCUT2D eigenvalue weighted by Gasteiger charge is 2.12. The van der Waals surface area contributed by atoms with E-state index in [1.54, 1.807) is 18.2 Å². The largest absolute Gasteiger partial charge is 0.504 e. The van der Waals surface area contributed by atoms with Gasteiger partial charge in [-0.3, -0.25) is 9.59 Å². The number of phenolic OH excluding ortho intramolecular Hbond substituents is 1. The molecule has 114 valence electrons. The van der Waals surface area contributed by atoms with Crippen molar-refractivity contribution in [3.05, 3.63) is 23.8 Å². The average Bonchev–Trinajstić information content (AvgIpc) is 2.46. The van der Waals surface area contributed by atoms with Crippen LogP contribution >= 0.6 is 0 Å². The van der Waals surface area contributed by atoms with Crippen molar-refractivity contribution in [2.75, 3.05) is 13.7 Å². The van der Waals surface area contributed by atoms with E-state index in [1.807, 2.05) is 13.8 Å². The maximum absolute atomic E-state index is 11.4. The van der Waals surface area contributed by atoms with Crippen molar-refractivity contribution in [1.29, 1.82) is 0 Å². The van der Waals surface area contributed by atoms with Gasteiger partial charge in [-0.15, -0.1) is 0 Å². The Morgan fingerprint density at radius 3 is 2.71 bits per heavy atom. The number of nitrogens with one attached hydrogen (secondary N) is 2. The Balaban J connectivity index is 2.58. The van der Waals surface area contributed by atoms with E-state index in [0.29, 0.717) is 17.9 Å². The molecule has 0 bridgehead atoms. The van der Waals surface area contributed by atoms with E-state index in [1.165, 1.54) is 13.3 Å². The Bertz CT molecular complexity index is 541. The van der Waals surface area contributed by atoms with Gasteiger partial charge < -0.3 is 15.2 Å². The van der Waals surface area contributed by atoms with Crippen molar-refractivity contribution >= 4 is 18.0 Å². The smallest absolute Gasteiger partial charge is 0.329 e. The van der Waals surface area contributed by atoms with Crippen LogP contribution in [0.2, 0.25) is 0 Å². The summed E-state index contributed by atoms with van der Waals surface area (Å²) in [6.45, 7) is 4.25. The number of carbonyl (C=O) groups is 2. The third-order valence-corrected chi connectivity index (χ3v) is 2.50. The first-order chi connectivity index (χ1) is 9.95. The molecule has 7 nitrogen and oxygen atoms in total. The second kappa shape index (κ2) is 7.88. The lowest BCUT2D eigenvalue weighted by Gasteiger charge is -2.06. The van der Waals surface area contributed by atoms with Gasteiger partial charge in [-0.1, -0.05) is 19.9 Å². The van der Waals surface area contributed by atoms with Crippen LogP contribution < -0.4 is 15.5 Å². The van der Waals surface area contributed by atoms with E-state index in [0.717, 1.165) is 0 Å². The molecule has 21 heavy (non-hydrogen) atoms. The van der Waals surface area contributed by atoms with Gasteiger partial charge in [0.25, 0.3) is 0 Å². The van der Waals surface area contributed by atoms with Crippen molar-refractivity contribution in [1.82, 2.24) is 10.7 Å². The Morgan fingerprint density at radius 2 is 2.10 bits per heavy atom. The monoisotopic (exact) mass is 293 g/mol. The number of aromatic hydroxyl groups is 1. The lowest BCUT2D eigenvalue weighted by Crippen LogP contribution is -2.39. The predicted octanol–water partition coefficient (Wildman–Crippen LogP) is 0.623. The zero-order valence-corrected chi connectivity index (χ0v) is 12.2. The SMILES string of the molecule is COc1cccc(C=NNC(=O)C(=O)NCC(C)C)c1O. The summed E-state index contributed by atoms with van der Waals surface area (Å²) < 4.78 is 4.94. The predicted molar refractivity (Wildman–Crippen MR) is 78.2 cm³/mol. The van der Waals surface area contributed by atoms with Crippen LogP contribution in [0.15, 0.2) is 23.3 Å². The quantitative estimate of drug-likeness (QED) is 0.421. The molecule has 3 N–H and O–H groups in total. The minimum atomic E-state index is -0.866. The van der Waals surface area contributed by atoms with Gasteiger partial charge in [-0.2, -0.15) is 5.10 Å². The normalized spacial score (nSPS) is 10.7. The van der Waals surface area contributed by atoms with Gasteiger partial charge in [-0.05, 0) is 18.1 Å². The highest BCUT2D eigenvalue weighted by molar-refractivity contribution is 6.35. The fraction of sp³-hybridized carbons (Fsp3) is 0.357. The Labute approximate surface area is 123 Å². The average molecular weight is 293 g/mol. The first kappa shape index (κ1) is 16.5. The van der Waals surface area contributed by atoms with Crippen molar-refractivity contribution < 1.29 is 19.4 Å². The van der Waals surface area contributed by atoms with E-state index >= 15 is 0 Å².